The summed E-state index contributed by atoms with van der Waals surface area (Å²) >= 11 is 6.11. The molecule has 7 nitrogen and oxygen atoms in total. The number of nitrogens with zero attached hydrogens (tertiary/aromatic N) is 2. The van der Waals surface area contributed by atoms with E-state index >= 15 is 0 Å². The molecule has 2 saturated heterocycles. The van der Waals surface area contributed by atoms with E-state index in [9.17, 15) is 18.0 Å². The Morgan fingerprint density at radius 2 is 1.79 bits per heavy atom. The fourth-order valence-electron chi connectivity index (χ4n) is 3.83. The van der Waals surface area contributed by atoms with E-state index in [1.165, 1.54) is 22.5 Å². The van der Waals surface area contributed by atoms with Gasteiger partial charge in [0.25, 0.3) is 5.91 Å². The lowest BCUT2D eigenvalue weighted by atomic mass is 10.0. The lowest BCUT2D eigenvalue weighted by Gasteiger charge is -2.33. The molecular weight excluding hydrogens is 416 g/mol. The van der Waals surface area contributed by atoms with Crippen LogP contribution in [0.1, 0.15) is 55.8 Å². The van der Waals surface area contributed by atoms with Crippen molar-refractivity contribution < 1.29 is 22.7 Å². The van der Waals surface area contributed by atoms with Crippen LogP contribution in [0.2, 0.25) is 5.02 Å². The number of benzene rings is 1. The van der Waals surface area contributed by atoms with Crippen LogP contribution in [0, 0.1) is 0 Å². The van der Waals surface area contributed by atoms with Crippen LogP contribution in [0.5, 0.6) is 0 Å². The number of hydrogen-bond donors (Lipinski definition) is 0. The van der Waals surface area contributed by atoms with Gasteiger partial charge in [-0.25, -0.2) is 13.2 Å². The van der Waals surface area contributed by atoms with Gasteiger partial charge in [0, 0.05) is 25.7 Å². The van der Waals surface area contributed by atoms with Crippen molar-refractivity contribution in [3.63, 3.8) is 0 Å². The molecule has 160 valence electrons. The monoisotopic (exact) mass is 442 g/mol. The summed E-state index contributed by atoms with van der Waals surface area (Å²) in [6.07, 6.45) is 5.60. The van der Waals surface area contributed by atoms with Gasteiger partial charge in [-0.05, 0) is 57.2 Å². The van der Waals surface area contributed by atoms with Crippen LogP contribution in [-0.4, -0.2) is 61.8 Å². The number of amides is 1. The maximum Gasteiger partial charge on any atom is 0.340 e. The van der Waals surface area contributed by atoms with Crippen molar-refractivity contribution in [2.24, 2.45) is 0 Å². The molecule has 2 heterocycles. The van der Waals surface area contributed by atoms with Crippen LogP contribution in [0.25, 0.3) is 0 Å². The third-order valence-corrected chi connectivity index (χ3v) is 7.78. The quantitative estimate of drug-likeness (QED) is 0.654. The Kier molecular flexibility index (Phi) is 7.19. The molecule has 1 unspecified atom stereocenters. The number of esters is 1. The standard InChI is InChI=1S/C20H27ClN2O5S/c1-15-7-3-6-12-23(15)19(24)14-28-20(25)17-13-16(8-9-18(17)21)29(26,27)22-10-4-2-5-11-22/h8-9,13,15H,2-7,10-12,14H2,1H3. The van der Waals surface area contributed by atoms with Crippen molar-refractivity contribution in [1.29, 1.82) is 0 Å². The number of rotatable bonds is 5. The third-order valence-electron chi connectivity index (χ3n) is 5.56. The molecule has 2 fully saturated rings. The average Bonchev–Trinajstić information content (AvgIpc) is 2.73. The number of carbonyl (C=O) groups excluding carboxylic acids is 2. The van der Waals surface area contributed by atoms with Crippen molar-refractivity contribution in [3.05, 3.63) is 28.8 Å². The summed E-state index contributed by atoms with van der Waals surface area (Å²) in [6, 6.07) is 4.13. The van der Waals surface area contributed by atoms with Crippen LogP contribution in [0.15, 0.2) is 23.1 Å². The summed E-state index contributed by atoms with van der Waals surface area (Å²) in [5.74, 6) is -1.05. The average molecular weight is 443 g/mol. The van der Waals surface area contributed by atoms with Gasteiger partial charge in [0.15, 0.2) is 6.61 Å². The number of carbonyl (C=O) groups is 2. The Morgan fingerprint density at radius 3 is 2.48 bits per heavy atom. The Balaban J connectivity index is 1.70. The van der Waals surface area contributed by atoms with Gasteiger partial charge in [0.05, 0.1) is 15.5 Å². The first kappa shape index (κ1) is 22.1. The minimum atomic E-state index is -3.70. The van der Waals surface area contributed by atoms with Crippen molar-refractivity contribution >= 4 is 33.5 Å². The number of sulfonamides is 1. The van der Waals surface area contributed by atoms with E-state index in [1.807, 2.05) is 6.92 Å². The highest BCUT2D eigenvalue weighted by molar-refractivity contribution is 7.89. The molecule has 2 aliphatic heterocycles. The smallest absolute Gasteiger partial charge is 0.340 e. The van der Waals surface area contributed by atoms with Crippen LogP contribution in [-0.2, 0) is 19.6 Å². The minimum Gasteiger partial charge on any atom is -0.452 e. The molecule has 29 heavy (non-hydrogen) atoms. The van der Waals surface area contributed by atoms with Gasteiger partial charge in [-0.2, -0.15) is 4.31 Å². The Labute approximate surface area is 177 Å². The number of hydrogen-bond acceptors (Lipinski definition) is 5. The van der Waals surface area contributed by atoms with Gasteiger partial charge in [0.2, 0.25) is 10.0 Å². The molecule has 0 bridgehead atoms. The minimum absolute atomic E-state index is 0.00623. The molecule has 9 heteroatoms. The molecule has 0 spiro atoms. The number of piperidine rings is 2. The van der Waals surface area contributed by atoms with Crippen molar-refractivity contribution in [3.8, 4) is 0 Å². The highest BCUT2D eigenvalue weighted by atomic mass is 35.5. The molecule has 1 aromatic carbocycles. The number of likely N-dealkylation sites (tertiary alicyclic amines) is 1. The second-order valence-corrected chi connectivity index (χ2v) is 9.96. The van der Waals surface area contributed by atoms with Crippen LogP contribution in [0.4, 0.5) is 0 Å². The molecule has 1 atom stereocenters. The van der Waals surface area contributed by atoms with Crippen LogP contribution in [0.3, 0.4) is 0 Å². The summed E-state index contributed by atoms with van der Waals surface area (Å²) in [6.45, 7) is 3.18. The van der Waals surface area contributed by atoms with Gasteiger partial charge >= 0.3 is 5.97 Å². The van der Waals surface area contributed by atoms with E-state index in [0.29, 0.717) is 19.6 Å². The summed E-state index contributed by atoms with van der Waals surface area (Å²) < 4.78 is 32.3. The summed E-state index contributed by atoms with van der Waals surface area (Å²) in [5, 5.41) is 0.0892. The van der Waals surface area contributed by atoms with E-state index < -0.39 is 16.0 Å². The summed E-state index contributed by atoms with van der Waals surface area (Å²) in [4.78, 5) is 26.6. The van der Waals surface area contributed by atoms with Crippen LogP contribution < -0.4 is 0 Å². The molecule has 1 amide bonds. The molecule has 0 aromatic heterocycles. The van der Waals surface area contributed by atoms with Gasteiger partial charge in [-0.1, -0.05) is 18.0 Å². The van der Waals surface area contributed by atoms with E-state index in [0.717, 1.165) is 38.5 Å². The lowest BCUT2D eigenvalue weighted by molar-refractivity contribution is -0.137. The zero-order chi connectivity index (χ0) is 21.0. The molecule has 0 saturated carbocycles. The second kappa shape index (κ2) is 9.45. The Morgan fingerprint density at radius 1 is 1.10 bits per heavy atom. The largest absolute Gasteiger partial charge is 0.452 e. The molecule has 0 radical (unpaired) electrons. The fourth-order valence-corrected chi connectivity index (χ4v) is 5.57. The Bertz CT molecular complexity index is 868. The van der Waals surface area contributed by atoms with E-state index in [-0.39, 0.29) is 34.0 Å². The highest BCUT2D eigenvalue weighted by Gasteiger charge is 2.28. The predicted octanol–water partition coefficient (Wildman–Crippen LogP) is 3.07. The molecule has 3 rings (SSSR count). The molecule has 0 N–H and O–H groups in total. The molecule has 0 aliphatic carbocycles. The first-order chi connectivity index (χ1) is 13.8. The Hall–Kier alpha value is -1.64. The predicted molar refractivity (Wildman–Crippen MR) is 109 cm³/mol. The zero-order valence-electron chi connectivity index (χ0n) is 16.6. The second-order valence-electron chi connectivity index (χ2n) is 7.61. The molecule has 1 aromatic rings. The van der Waals surface area contributed by atoms with Gasteiger partial charge < -0.3 is 9.64 Å². The van der Waals surface area contributed by atoms with Crippen molar-refractivity contribution in [2.75, 3.05) is 26.2 Å². The van der Waals surface area contributed by atoms with E-state index in [1.54, 1.807) is 4.90 Å². The van der Waals surface area contributed by atoms with E-state index in [2.05, 4.69) is 0 Å². The van der Waals surface area contributed by atoms with Crippen molar-refractivity contribution in [1.82, 2.24) is 9.21 Å². The number of halogens is 1. The topological polar surface area (TPSA) is 84.0 Å². The number of ether oxygens (including phenoxy) is 1. The van der Waals surface area contributed by atoms with Gasteiger partial charge in [0.1, 0.15) is 0 Å². The SMILES string of the molecule is CC1CCCCN1C(=O)COC(=O)c1cc(S(=O)(=O)N2CCCCC2)ccc1Cl. The van der Waals surface area contributed by atoms with Crippen LogP contribution >= 0.6 is 11.6 Å². The molecule has 2 aliphatic rings. The third kappa shape index (κ3) is 5.10. The highest BCUT2D eigenvalue weighted by Crippen LogP contribution is 2.26. The lowest BCUT2D eigenvalue weighted by Crippen LogP contribution is -2.44. The van der Waals surface area contributed by atoms with Crippen molar-refractivity contribution in [2.45, 2.75) is 56.4 Å². The first-order valence-corrected chi connectivity index (χ1v) is 11.9. The normalized spacial score (nSPS) is 21.0. The molecular formula is C20H27ClN2O5S. The summed E-state index contributed by atoms with van der Waals surface area (Å²) in [5.41, 5.74) is -0.0516. The van der Waals surface area contributed by atoms with Gasteiger partial charge in [-0.15, -0.1) is 0 Å². The maximum atomic E-state index is 12.9. The first-order valence-electron chi connectivity index (χ1n) is 10.1. The van der Waals surface area contributed by atoms with Gasteiger partial charge in [-0.3, -0.25) is 4.79 Å². The maximum absolute atomic E-state index is 12.9. The zero-order valence-corrected chi connectivity index (χ0v) is 18.2. The fraction of sp³-hybridized carbons (Fsp3) is 0.600. The summed E-state index contributed by atoms with van der Waals surface area (Å²) in [7, 11) is -3.70. The van der Waals surface area contributed by atoms with E-state index in [4.69, 9.17) is 16.3 Å².